The van der Waals surface area contributed by atoms with Gasteiger partial charge in [-0.15, -0.1) is 0 Å². The predicted octanol–water partition coefficient (Wildman–Crippen LogP) is 3.96. The summed E-state index contributed by atoms with van der Waals surface area (Å²) in [6.45, 7) is 7.39. The summed E-state index contributed by atoms with van der Waals surface area (Å²) in [5.74, 6) is -7.17. The van der Waals surface area contributed by atoms with Crippen LogP contribution in [0.3, 0.4) is 0 Å². The molecule has 0 radical (unpaired) electrons. The number of fused-ring (bicyclic) bond motifs is 4. The van der Waals surface area contributed by atoms with Gasteiger partial charge in [0.05, 0.1) is 29.6 Å². The van der Waals surface area contributed by atoms with Gasteiger partial charge in [-0.25, -0.2) is 38.8 Å². The van der Waals surface area contributed by atoms with Gasteiger partial charge in [-0.05, 0) is 17.2 Å². The Labute approximate surface area is 197 Å². The highest BCUT2D eigenvalue weighted by atomic mass is 19.2. The SMILES string of the molecule is [C-]#[N+]/C(C#N)=C1\c2cc(-c3c(F)c(F)nc(F)c3F)ccc2-c2nc3nc(C#N)c(C#N)nc3nc21. The van der Waals surface area contributed by atoms with E-state index in [1.54, 1.807) is 18.2 Å². The summed E-state index contributed by atoms with van der Waals surface area (Å²) in [4.78, 5) is 22.3. The van der Waals surface area contributed by atoms with E-state index in [2.05, 4.69) is 29.8 Å². The molecule has 36 heavy (non-hydrogen) atoms. The van der Waals surface area contributed by atoms with Crippen LogP contribution in [0.4, 0.5) is 17.6 Å². The molecule has 4 aromatic rings. The maximum Gasteiger partial charge on any atom is 0.271 e. The molecule has 0 N–H and O–H groups in total. The van der Waals surface area contributed by atoms with Gasteiger partial charge in [0.25, 0.3) is 17.6 Å². The smallest absolute Gasteiger partial charge is 0.226 e. The number of aromatic nitrogens is 5. The van der Waals surface area contributed by atoms with Gasteiger partial charge in [-0.1, -0.05) is 12.1 Å². The molecule has 0 spiro atoms. The Morgan fingerprint density at radius 3 is 1.89 bits per heavy atom. The molecule has 0 fully saturated rings. The Bertz CT molecular complexity index is 1840. The maximum absolute atomic E-state index is 14.4. The monoisotopic (exact) mass is 481 g/mol. The molecule has 0 atom stereocenters. The lowest BCUT2D eigenvalue weighted by Gasteiger charge is -2.09. The molecule has 1 aliphatic carbocycles. The molecule has 0 saturated carbocycles. The average molecular weight is 481 g/mol. The van der Waals surface area contributed by atoms with Crippen LogP contribution in [-0.4, -0.2) is 24.9 Å². The summed E-state index contributed by atoms with van der Waals surface area (Å²) >= 11 is 0. The summed E-state index contributed by atoms with van der Waals surface area (Å²) in [5.41, 5.74) is -2.35. The van der Waals surface area contributed by atoms with Crippen LogP contribution in [0.15, 0.2) is 23.9 Å². The predicted molar refractivity (Wildman–Crippen MR) is 111 cm³/mol. The summed E-state index contributed by atoms with van der Waals surface area (Å²) < 4.78 is 56.3. The second-order valence-electron chi connectivity index (χ2n) is 7.12. The number of hydrogen-bond acceptors (Lipinski definition) is 8. The standard InChI is InChI=1S/C23H3F4N9/c1-31-13(7-30)15-10-4-8(14-16(24)20(26)36-21(27)17(14)25)2-3-9(10)18-19(15)35-23-22(34-18)32-11(5-28)12(6-29)33-23/h2-4H/b15-13+. The fraction of sp³-hybridized carbons (Fsp3) is 0. The highest BCUT2D eigenvalue weighted by molar-refractivity contribution is 6.03. The van der Waals surface area contributed by atoms with Crippen LogP contribution in [0.5, 0.6) is 0 Å². The first-order chi connectivity index (χ1) is 17.3. The Kier molecular flexibility index (Phi) is 4.84. The number of hydrogen-bond donors (Lipinski definition) is 0. The molecule has 5 rings (SSSR count). The van der Waals surface area contributed by atoms with Gasteiger partial charge in [0.15, 0.2) is 34.3 Å². The van der Waals surface area contributed by atoms with Crippen LogP contribution in [0.2, 0.25) is 0 Å². The Hall–Kier alpha value is -5.79. The zero-order valence-corrected chi connectivity index (χ0v) is 17.3. The molecular weight excluding hydrogens is 478 g/mol. The molecule has 0 unspecified atom stereocenters. The number of halogens is 4. The highest BCUT2D eigenvalue weighted by Gasteiger charge is 2.32. The lowest BCUT2D eigenvalue weighted by molar-refractivity contribution is 0.410. The Morgan fingerprint density at radius 1 is 0.778 bits per heavy atom. The van der Waals surface area contributed by atoms with Gasteiger partial charge in [-0.3, -0.25) is 0 Å². The summed E-state index contributed by atoms with van der Waals surface area (Å²) in [7, 11) is 0. The van der Waals surface area contributed by atoms with Gasteiger partial charge in [0.1, 0.15) is 12.1 Å². The largest absolute Gasteiger partial charge is 0.271 e. The average Bonchev–Trinajstić information content (AvgIpc) is 3.19. The topological polar surface area (TPSA) is 140 Å². The van der Waals surface area contributed by atoms with Crippen LogP contribution >= 0.6 is 0 Å². The third kappa shape index (κ3) is 3.02. The molecule has 3 heterocycles. The lowest BCUT2D eigenvalue weighted by Crippen LogP contribution is -2.03. The van der Waals surface area contributed by atoms with Crippen molar-refractivity contribution in [3.8, 4) is 40.6 Å². The third-order valence-corrected chi connectivity index (χ3v) is 5.25. The molecule has 0 saturated heterocycles. The van der Waals surface area contributed by atoms with Crippen molar-refractivity contribution in [2.75, 3.05) is 0 Å². The van der Waals surface area contributed by atoms with Crippen LogP contribution in [0.1, 0.15) is 22.6 Å². The summed E-state index contributed by atoms with van der Waals surface area (Å²) in [5, 5.41) is 28.0. The molecule has 3 aromatic heterocycles. The van der Waals surface area contributed by atoms with Crippen molar-refractivity contribution in [2.45, 2.75) is 0 Å². The first-order valence-electron chi connectivity index (χ1n) is 9.60. The second-order valence-corrected chi connectivity index (χ2v) is 7.12. The second kappa shape index (κ2) is 7.91. The lowest BCUT2D eigenvalue weighted by atomic mass is 9.97. The molecule has 0 amide bonds. The van der Waals surface area contributed by atoms with Crippen molar-refractivity contribution in [3.63, 3.8) is 0 Å². The van der Waals surface area contributed by atoms with Gasteiger partial charge in [0.2, 0.25) is 0 Å². The molecule has 9 nitrogen and oxygen atoms in total. The Morgan fingerprint density at radius 2 is 1.36 bits per heavy atom. The van der Waals surface area contributed by atoms with Crippen LogP contribution < -0.4 is 0 Å². The molecule has 0 bridgehead atoms. The molecule has 13 heteroatoms. The van der Waals surface area contributed by atoms with Crippen molar-refractivity contribution < 1.29 is 17.6 Å². The van der Waals surface area contributed by atoms with Crippen LogP contribution in [-0.2, 0) is 0 Å². The molecular formula is C23H3F4N9. The molecule has 168 valence electrons. The fourth-order valence-corrected chi connectivity index (χ4v) is 3.76. The van der Waals surface area contributed by atoms with Crippen molar-refractivity contribution in [1.82, 2.24) is 24.9 Å². The number of nitriles is 3. The van der Waals surface area contributed by atoms with Crippen LogP contribution in [0, 0.1) is 64.1 Å². The zero-order valence-electron chi connectivity index (χ0n) is 17.3. The number of benzene rings is 1. The van der Waals surface area contributed by atoms with E-state index in [4.69, 9.17) is 6.57 Å². The first kappa shape index (κ1) is 22.0. The number of pyridine rings is 1. The molecule has 1 aliphatic rings. The highest BCUT2D eigenvalue weighted by Crippen LogP contribution is 2.46. The minimum Gasteiger partial charge on any atom is -0.226 e. The molecule has 0 aliphatic heterocycles. The number of nitrogens with zero attached hydrogens (tertiary/aromatic N) is 9. The molecule has 1 aromatic carbocycles. The van der Waals surface area contributed by atoms with Gasteiger partial charge < -0.3 is 0 Å². The minimum atomic E-state index is -1.85. The van der Waals surface area contributed by atoms with Crippen LogP contribution in [0.25, 0.3) is 44.1 Å². The van der Waals surface area contributed by atoms with E-state index in [0.29, 0.717) is 0 Å². The van der Waals surface area contributed by atoms with E-state index in [1.807, 2.05) is 0 Å². The van der Waals surface area contributed by atoms with Crippen molar-refractivity contribution in [1.29, 1.82) is 15.8 Å². The van der Waals surface area contributed by atoms with E-state index in [0.717, 1.165) is 12.1 Å². The van der Waals surface area contributed by atoms with E-state index in [9.17, 15) is 33.3 Å². The van der Waals surface area contributed by atoms with Gasteiger partial charge in [-0.2, -0.15) is 24.3 Å². The zero-order chi connectivity index (χ0) is 25.7. The van der Waals surface area contributed by atoms with Gasteiger partial charge >= 0.3 is 0 Å². The fourth-order valence-electron chi connectivity index (χ4n) is 3.76. The van der Waals surface area contributed by atoms with Crippen molar-refractivity contribution in [3.05, 3.63) is 81.5 Å². The minimum absolute atomic E-state index is 0.0156. The van der Waals surface area contributed by atoms with Crippen molar-refractivity contribution >= 4 is 16.9 Å². The summed E-state index contributed by atoms with van der Waals surface area (Å²) in [6, 6.07) is 8.75. The maximum atomic E-state index is 14.4. The Balaban J connectivity index is 1.85. The third-order valence-electron chi connectivity index (χ3n) is 5.25. The van der Waals surface area contributed by atoms with E-state index in [-0.39, 0.29) is 56.3 Å². The van der Waals surface area contributed by atoms with Gasteiger partial charge in [0, 0.05) is 11.1 Å². The van der Waals surface area contributed by atoms with E-state index in [1.165, 1.54) is 6.07 Å². The van der Waals surface area contributed by atoms with E-state index < -0.39 is 34.8 Å². The quantitative estimate of drug-likeness (QED) is 0.152. The number of allylic oxidation sites excluding steroid dienone is 1. The van der Waals surface area contributed by atoms with Crippen molar-refractivity contribution in [2.24, 2.45) is 0 Å². The normalized spacial score (nSPS) is 12.7. The van der Waals surface area contributed by atoms with E-state index >= 15 is 0 Å². The first-order valence-corrected chi connectivity index (χ1v) is 9.60. The summed E-state index contributed by atoms with van der Waals surface area (Å²) in [6.07, 6.45) is 0. The number of rotatable bonds is 1.